The van der Waals surface area contributed by atoms with Crippen molar-refractivity contribution in [2.75, 3.05) is 26.2 Å². The van der Waals surface area contributed by atoms with E-state index < -0.39 is 0 Å². The predicted octanol–water partition coefficient (Wildman–Crippen LogP) is 3.12. The minimum atomic E-state index is 0.263. The molecule has 0 aliphatic carbocycles. The van der Waals surface area contributed by atoms with E-state index in [0.717, 1.165) is 12.1 Å². The summed E-state index contributed by atoms with van der Waals surface area (Å²) in [5.74, 6) is 0.894. The second-order valence-corrected chi connectivity index (χ2v) is 5.65. The third-order valence-electron chi connectivity index (χ3n) is 3.47. The van der Waals surface area contributed by atoms with Gasteiger partial charge in [-0.25, -0.2) is 9.97 Å². The molecule has 1 fully saturated rings. The standard InChI is InChI=1S/C14H22ClN3O/c1-11(2)12-13(15)16-10-17-14(12)19-9-8-18-6-4-3-5-7-18/h10-11H,3-9H2,1-2H3. The van der Waals surface area contributed by atoms with Crippen molar-refractivity contribution in [3.05, 3.63) is 17.0 Å². The average Bonchev–Trinajstić information content (AvgIpc) is 2.39. The highest BCUT2D eigenvalue weighted by molar-refractivity contribution is 6.30. The summed E-state index contributed by atoms with van der Waals surface area (Å²) < 4.78 is 5.80. The molecule has 0 atom stereocenters. The first-order valence-corrected chi connectivity index (χ1v) is 7.42. The molecule has 0 bridgehead atoms. The zero-order valence-electron chi connectivity index (χ0n) is 11.7. The van der Waals surface area contributed by atoms with Gasteiger partial charge in [0.05, 0.1) is 5.56 Å². The molecule has 5 heteroatoms. The van der Waals surface area contributed by atoms with Gasteiger partial charge in [-0.2, -0.15) is 0 Å². The van der Waals surface area contributed by atoms with E-state index in [-0.39, 0.29) is 5.92 Å². The van der Waals surface area contributed by atoms with E-state index in [9.17, 15) is 0 Å². The van der Waals surface area contributed by atoms with Gasteiger partial charge < -0.3 is 4.74 Å². The van der Waals surface area contributed by atoms with Crippen LogP contribution in [0.2, 0.25) is 5.15 Å². The van der Waals surface area contributed by atoms with Crippen LogP contribution in [0.25, 0.3) is 0 Å². The third kappa shape index (κ3) is 4.05. The first-order valence-electron chi connectivity index (χ1n) is 7.04. The molecule has 0 amide bonds. The van der Waals surface area contributed by atoms with Gasteiger partial charge in [0.2, 0.25) is 5.88 Å². The lowest BCUT2D eigenvalue weighted by Gasteiger charge is -2.26. The first kappa shape index (κ1) is 14.5. The van der Waals surface area contributed by atoms with Crippen LogP contribution < -0.4 is 4.74 Å². The van der Waals surface area contributed by atoms with Crippen LogP contribution in [0, 0.1) is 0 Å². The molecule has 4 nitrogen and oxygen atoms in total. The molecule has 0 saturated carbocycles. The van der Waals surface area contributed by atoms with Crippen molar-refractivity contribution in [2.24, 2.45) is 0 Å². The molecule has 2 rings (SSSR count). The Labute approximate surface area is 120 Å². The third-order valence-corrected chi connectivity index (χ3v) is 3.77. The van der Waals surface area contributed by atoms with Crippen LogP contribution >= 0.6 is 11.6 Å². The van der Waals surface area contributed by atoms with Crippen molar-refractivity contribution in [1.82, 2.24) is 14.9 Å². The second kappa shape index (κ2) is 7.06. The Morgan fingerprint density at radius 1 is 1.26 bits per heavy atom. The van der Waals surface area contributed by atoms with Crippen molar-refractivity contribution in [3.8, 4) is 5.88 Å². The molecule has 1 aromatic rings. The SMILES string of the molecule is CC(C)c1c(Cl)ncnc1OCCN1CCCCC1. The number of piperidine rings is 1. The van der Waals surface area contributed by atoms with Crippen LogP contribution in [0.15, 0.2) is 6.33 Å². The van der Waals surface area contributed by atoms with Crippen LogP contribution in [-0.4, -0.2) is 41.1 Å². The van der Waals surface area contributed by atoms with Crippen LogP contribution in [0.3, 0.4) is 0 Å². The summed E-state index contributed by atoms with van der Waals surface area (Å²) in [6, 6.07) is 0. The number of likely N-dealkylation sites (tertiary alicyclic amines) is 1. The Hall–Kier alpha value is -0.870. The number of hydrogen-bond acceptors (Lipinski definition) is 4. The molecule has 19 heavy (non-hydrogen) atoms. The molecule has 1 aliphatic heterocycles. The topological polar surface area (TPSA) is 38.3 Å². The number of ether oxygens (including phenoxy) is 1. The lowest BCUT2D eigenvalue weighted by atomic mass is 10.1. The molecular weight excluding hydrogens is 262 g/mol. The molecule has 1 saturated heterocycles. The summed E-state index contributed by atoms with van der Waals surface area (Å²) >= 11 is 6.11. The van der Waals surface area contributed by atoms with Crippen LogP contribution in [0.4, 0.5) is 0 Å². The van der Waals surface area contributed by atoms with E-state index in [4.69, 9.17) is 16.3 Å². The Bertz CT molecular complexity index is 406. The van der Waals surface area contributed by atoms with E-state index >= 15 is 0 Å². The zero-order chi connectivity index (χ0) is 13.7. The second-order valence-electron chi connectivity index (χ2n) is 5.29. The first-order chi connectivity index (χ1) is 9.18. The van der Waals surface area contributed by atoms with Crippen molar-refractivity contribution in [2.45, 2.75) is 39.0 Å². The molecule has 2 heterocycles. The lowest BCUT2D eigenvalue weighted by molar-refractivity contribution is 0.179. The molecular formula is C14H22ClN3O. The van der Waals surface area contributed by atoms with Gasteiger partial charge in [0.25, 0.3) is 0 Å². The molecule has 0 radical (unpaired) electrons. The van der Waals surface area contributed by atoms with Gasteiger partial charge in [-0.05, 0) is 31.8 Å². The number of hydrogen-bond donors (Lipinski definition) is 0. The van der Waals surface area contributed by atoms with E-state index in [1.54, 1.807) is 0 Å². The fraction of sp³-hybridized carbons (Fsp3) is 0.714. The Balaban J connectivity index is 1.90. The molecule has 0 spiro atoms. The molecule has 106 valence electrons. The molecule has 1 aromatic heterocycles. The van der Waals surface area contributed by atoms with E-state index in [2.05, 4.69) is 28.7 Å². The maximum atomic E-state index is 6.11. The Kier molecular flexibility index (Phi) is 5.40. The Morgan fingerprint density at radius 2 is 2.00 bits per heavy atom. The minimum Gasteiger partial charge on any atom is -0.476 e. The predicted molar refractivity (Wildman–Crippen MR) is 76.9 cm³/mol. The van der Waals surface area contributed by atoms with Crippen LogP contribution in [-0.2, 0) is 0 Å². The highest BCUT2D eigenvalue weighted by Crippen LogP contribution is 2.29. The van der Waals surface area contributed by atoms with Gasteiger partial charge in [0.1, 0.15) is 18.1 Å². The molecule has 0 N–H and O–H groups in total. The number of aromatic nitrogens is 2. The molecule has 1 aliphatic rings. The minimum absolute atomic E-state index is 0.263. The maximum absolute atomic E-state index is 6.11. The van der Waals surface area contributed by atoms with Crippen molar-refractivity contribution < 1.29 is 4.74 Å². The van der Waals surface area contributed by atoms with Crippen LogP contribution in [0.5, 0.6) is 5.88 Å². The quantitative estimate of drug-likeness (QED) is 0.778. The largest absolute Gasteiger partial charge is 0.476 e. The van der Waals surface area contributed by atoms with E-state index in [1.807, 2.05) is 0 Å². The summed E-state index contributed by atoms with van der Waals surface area (Å²) in [7, 11) is 0. The average molecular weight is 284 g/mol. The molecule has 0 unspecified atom stereocenters. The van der Waals surface area contributed by atoms with Gasteiger partial charge in [0.15, 0.2) is 0 Å². The highest BCUT2D eigenvalue weighted by atomic mass is 35.5. The van der Waals surface area contributed by atoms with Gasteiger partial charge in [-0.3, -0.25) is 4.90 Å². The fourth-order valence-corrected chi connectivity index (χ4v) is 2.76. The van der Waals surface area contributed by atoms with Gasteiger partial charge in [-0.15, -0.1) is 0 Å². The summed E-state index contributed by atoms with van der Waals surface area (Å²) in [6.07, 6.45) is 5.42. The summed E-state index contributed by atoms with van der Waals surface area (Å²) in [6.45, 7) is 8.13. The number of rotatable bonds is 5. The highest BCUT2D eigenvalue weighted by Gasteiger charge is 2.15. The lowest BCUT2D eigenvalue weighted by Crippen LogP contribution is -2.33. The van der Waals surface area contributed by atoms with Gasteiger partial charge in [0, 0.05) is 6.54 Å². The normalized spacial score (nSPS) is 16.8. The maximum Gasteiger partial charge on any atom is 0.221 e. The van der Waals surface area contributed by atoms with Crippen LogP contribution in [0.1, 0.15) is 44.6 Å². The fourth-order valence-electron chi connectivity index (χ4n) is 2.41. The summed E-state index contributed by atoms with van der Waals surface area (Å²) in [5.41, 5.74) is 0.905. The zero-order valence-corrected chi connectivity index (χ0v) is 12.5. The molecule has 0 aromatic carbocycles. The Morgan fingerprint density at radius 3 is 2.68 bits per heavy atom. The van der Waals surface area contributed by atoms with E-state index in [0.29, 0.717) is 17.6 Å². The van der Waals surface area contributed by atoms with Gasteiger partial charge in [-0.1, -0.05) is 31.9 Å². The monoisotopic (exact) mass is 283 g/mol. The van der Waals surface area contributed by atoms with Crippen molar-refractivity contribution in [1.29, 1.82) is 0 Å². The smallest absolute Gasteiger partial charge is 0.221 e. The van der Waals surface area contributed by atoms with Crippen molar-refractivity contribution >= 4 is 11.6 Å². The van der Waals surface area contributed by atoms with Crippen molar-refractivity contribution in [3.63, 3.8) is 0 Å². The van der Waals surface area contributed by atoms with Gasteiger partial charge >= 0.3 is 0 Å². The van der Waals surface area contributed by atoms with E-state index in [1.165, 1.54) is 38.7 Å². The summed E-state index contributed by atoms with van der Waals surface area (Å²) in [4.78, 5) is 10.7. The number of nitrogens with zero attached hydrogens (tertiary/aromatic N) is 3. The summed E-state index contributed by atoms with van der Waals surface area (Å²) in [5, 5.41) is 0.498. The number of halogens is 1.